The van der Waals surface area contributed by atoms with Crippen molar-refractivity contribution >= 4 is 35.5 Å². The predicted molar refractivity (Wildman–Crippen MR) is 132 cm³/mol. The van der Waals surface area contributed by atoms with E-state index in [0.29, 0.717) is 22.7 Å². The van der Waals surface area contributed by atoms with E-state index in [1.54, 1.807) is 32.1 Å². The van der Waals surface area contributed by atoms with Gasteiger partial charge in [0.2, 0.25) is 0 Å². The van der Waals surface area contributed by atoms with Gasteiger partial charge in [-0.2, -0.15) is 0 Å². The van der Waals surface area contributed by atoms with Crippen molar-refractivity contribution in [2.45, 2.75) is 20.8 Å². The van der Waals surface area contributed by atoms with E-state index < -0.39 is 5.91 Å². The first kappa shape index (κ1) is 24.1. The van der Waals surface area contributed by atoms with Crippen LogP contribution in [0.5, 0.6) is 0 Å². The number of aromatic nitrogens is 1. The molecule has 0 saturated carbocycles. The molecule has 32 heavy (non-hydrogen) atoms. The number of ether oxygens (including phenoxy) is 1. The van der Waals surface area contributed by atoms with Gasteiger partial charge in [0.1, 0.15) is 11.5 Å². The van der Waals surface area contributed by atoms with Crippen molar-refractivity contribution in [1.82, 2.24) is 4.98 Å². The molecule has 0 aliphatic carbocycles. The molecule has 0 aliphatic heterocycles. The SMILES string of the molecule is C=Cc1c(NN)cc(C(/C=C\N)=c2\cc(C)[nH]c2=C)cc1NC(=O)/C(N)=C(\C)OC(=C)C. The zero-order valence-electron chi connectivity index (χ0n) is 18.6. The monoisotopic (exact) mass is 434 g/mol. The van der Waals surface area contributed by atoms with Gasteiger partial charge in [0.25, 0.3) is 5.91 Å². The van der Waals surface area contributed by atoms with Crippen molar-refractivity contribution in [3.63, 3.8) is 0 Å². The Bertz CT molecular complexity index is 1230. The number of aromatic amines is 1. The van der Waals surface area contributed by atoms with Crippen LogP contribution in [-0.4, -0.2) is 10.9 Å². The molecule has 0 saturated heterocycles. The summed E-state index contributed by atoms with van der Waals surface area (Å²) < 4.78 is 5.35. The number of nitrogens with two attached hydrogens (primary N) is 3. The lowest BCUT2D eigenvalue weighted by molar-refractivity contribution is -0.113. The second-order valence-corrected chi connectivity index (χ2v) is 7.18. The lowest BCUT2D eigenvalue weighted by atomic mass is 9.98. The molecule has 8 nitrogen and oxygen atoms in total. The van der Waals surface area contributed by atoms with Crippen molar-refractivity contribution < 1.29 is 9.53 Å². The van der Waals surface area contributed by atoms with Crippen LogP contribution in [0, 0.1) is 6.92 Å². The molecule has 2 rings (SSSR count). The largest absolute Gasteiger partial charge is 0.465 e. The average molecular weight is 435 g/mol. The maximum absolute atomic E-state index is 12.8. The van der Waals surface area contributed by atoms with Crippen molar-refractivity contribution in [1.29, 1.82) is 0 Å². The number of hydrogen-bond acceptors (Lipinski definition) is 6. The Kier molecular flexibility index (Phi) is 7.71. The molecule has 0 unspecified atom stereocenters. The molecule has 1 aromatic carbocycles. The third-order valence-corrected chi connectivity index (χ3v) is 4.64. The van der Waals surface area contributed by atoms with E-state index in [-0.39, 0.29) is 11.5 Å². The van der Waals surface area contributed by atoms with E-state index in [4.69, 9.17) is 22.0 Å². The molecule has 0 atom stereocenters. The molecule has 0 fully saturated rings. The van der Waals surface area contributed by atoms with Gasteiger partial charge >= 0.3 is 0 Å². The maximum atomic E-state index is 12.8. The lowest BCUT2D eigenvalue weighted by Gasteiger charge is -2.17. The van der Waals surface area contributed by atoms with Gasteiger partial charge in [-0.25, -0.2) is 0 Å². The summed E-state index contributed by atoms with van der Waals surface area (Å²) in [4.78, 5) is 16.0. The number of H-pyrrole nitrogens is 1. The smallest absolute Gasteiger partial charge is 0.275 e. The Morgan fingerprint density at radius 3 is 2.38 bits per heavy atom. The number of carbonyl (C=O) groups is 1. The van der Waals surface area contributed by atoms with Gasteiger partial charge in [-0.05, 0) is 62.4 Å². The number of carbonyl (C=O) groups excluding carboxylic acids is 1. The van der Waals surface area contributed by atoms with Gasteiger partial charge in [0, 0.05) is 21.8 Å². The summed E-state index contributed by atoms with van der Waals surface area (Å²) in [6.45, 7) is 16.7. The van der Waals surface area contributed by atoms with Gasteiger partial charge in [-0.15, -0.1) is 0 Å². The zero-order chi connectivity index (χ0) is 24.0. The van der Waals surface area contributed by atoms with Crippen LogP contribution in [-0.2, 0) is 9.53 Å². The highest BCUT2D eigenvalue weighted by Gasteiger charge is 2.16. The number of nitrogen functional groups attached to an aromatic ring is 1. The molecular weight excluding hydrogens is 404 g/mol. The summed E-state index contributed by atoms with van der Waals surface area (Å²) in [7, 11) is 0. The fraction of sp³-hybridized carbons (Fsp3) is 0.125. The Morgan fingerprint density at radius 2 is 1.88 bits per heavy atom. The predicted octanol–water partition coefficient (Wildman–Crippen LogP) is 2.01. The van der Waals surface area contributed by atoms with E-state index in [2.05, 4.69) is 35.5 Å². The van der Waals surface area contributed by atoms with Crippen LogP contribution in [0.1, 0.15) is 30.7 Å². The molecule has 0 radical (unpaired) electrons. The highest BCUT2D eigenvalue weighted by Crippen LogP contribution is 2.31. The highest BCUT2D eigenvalue weighted by molar-refractivity contribution is 6.05. The number of nitrogens with one attached hydrogen (secondary N) is 3. The number of hydrogen-bond donors (Lipinski definition) is 6. The molecule has 0 aliphatic rings. The molecule has 9 N–H and O–H groups in total. The minimum absolute atomic E-state index is 0.0805. The Hall–Kier alpha value is -4.17. The summed E-state index contributed by atoms with van der Waals surface area (Å²) in [5.74, 6) is 5.88. The number of benzene rings is 1. The first-order valence-electron chi connectivity index (χ1n) is 9.78. The third kappa shape index (κ3) is 5.30. The second-order valence-electron chi connectivity index (χ2n) is 7.18. The van der Waals surface area contributed by atoms with Gasteiger partial charge in [-0.3, -0.25) is 10.6 Å². The van der Waals surface area contributed by atoms with Gasteiger partial charge < -0.3 is 31.9 Å². The molecule has 168 valence electrons. The molecule has 0 bridgehead atoms. The van der Waals surface area contributed by atoms with E-state index in [0.717, 1.165) is 27.4 Å². The van der Waals surface area contributed by atoms with E-state index in [9.17, 15) is 4.79 Å². The number of hydrazine groups is 1. The normalized spacial score (nSPS) is 12.8. The quantitative estimate of drug-likeness (QED) is 0.162. The first-order valence-corrected chi connectivity index (χ1v) is 9.78. The topological polar surface area (TPSA) is 144 Å². The summed E-state index contributed by atoms with van der Waals surface area (Å²) in [5, 5.41) is 4.40. The molecule has 0 spiro atoms. The molecule has 8 heteroatoms. The zero-order valence-corrected chi connectivity index (χ0v) is 18.6. The number of amides is 1. The van der Waals surface area contributed by atoms with E-state index in [1.807, 2.05) is 19.1 Å². The number of aryl methyl sites for hydroxylation is 1. The van der Waals surface area contributed by atoms with Crippen LogP contribution in [0.3, 0.4) is 0 Å². The molecular formula is C24H30N6O2. The average Bonchev–Trinajstić information content (AvgIpc) is 3.07. The number of anilines is 2. The molecule has 1 aromatic heterocycles. The number of allylic oxidation sites excluding steroid dienone is 3. The standard InChI is InChI=1S/C24H30N6O2/c1-7-18-21(29-24(31)23(26)16(6)32-13(2)3)11-17(12-22(18)30-27)19(8-9-25)20-10-14(4)28-15(20)5/h7-12,28,30H,1-2,5,25-27H2,3-4,6H3,(H,29,31)/b9-8-,20-19+,23-16-. The van der Waals surface area contributed by atoms with Crippen LogP contribution in [0.4, 0.5) is 11.4 Å². The van der Waals surface area contributed by atoms with Crippen molar-refractivity contribution in [2.24, 2.45) is 17.3 Å². The first-order chi connectivity index (χ1) is 15.1. The van der Waals surface area contributed by atoms with Crippen LogP contribution in [0.25, 0.3) is 18.2 Å². The van der Waals surface area contributed by atoms with Crippen LogP contribution < -0.4 is 38.6 Å². The Morgan fingerprint density at radius 1 is 1.22 bits per heavy atom. The van der Waals surface area contributed by atoms with Crippen LogP contribution in [0.2, 0.25) is 0 Å². The summed E-state index contributed by atoms with van der Waals surface area (Å²) in [6.07, 6.45) is 4.77. The minimum atomic E-state index is -0.543. The van der Waals surface area contributed by atoms with Crippen molar-refractivity contribution in [2.75, 3.05) is 10.7 Å². The molecule has 1 heterocycles. The fourth-order valence-electron chi connectivity index (χ4n) is 3.24. The highest BCUT2D eigenvalue weighted by atomic mass is 16.5. The van der Waals surface area contributed by atoms with Crippen molar-refractivity contribution in [3.05, 3.63) is 88.2 Å². The summed E-state index contributed by atoms with van der Waals surface area (Å²) in [5.41, 5.74) is 18.3. The minimum Gasteiger partial charge on any atom is -0.465 e. The Labute approximate surface area is 187 Å². The molecule has 2 aromatic rings. The molecule has 1 amide bonds. The van der Waals surface area contributed by atoms with Crippen LogP contribution in [0.15, 0.2) is 60.8 Å². The van der Waals surface area contributed by atoms with E-state index >= 15 is 0 Å². The van der Waals surface area contributed by atoms with Gasteiger partial charge in [0.05, 0.1) is 17.1 Å². The lowest BCUT2D eigenvalue weighted by Crippen LogP contribution is -2.24. The number of rotatable bonds is 8. The summed E-state index contributed by atoms with van der Waals surface area (Å²) in [6, 6.07) is 5.58. The summed E-state index contributed by atoms with van der Waals surface area (Å²) >= 11 is 0. The maximum Gasteiger partial charge on any atom is 0.275 e. The Balaban J connectivity index is 2.71. The second kappa shape index (κ2) is 10.2. The van der Waals surface area contributed by atoms with Gasteiger partial charge in [0.15, 0.2) is 0 Å². The van der Waals surface area contributed by atoms with Crippen LogP contribution >= 0.6 is 0 Å². The van der Waals surface area contributed by atoms with E-state index in [1.165, 1.54) is 6.20 Å². The fourth-order valence-corrected chi connectivity index (χ4v) is 3.24. The third-order valence-electron chi connectivity index (χ3n) is 4.64. The van der Waals surface area contributed by atoms with Gasteiger partial charge in [-0.1, -0.05) is 25.8 Å². The van der Waals surface area contributed by atoms with Crippen molar-refractivity contribution in [3.8, 4) is 0 Å².